The number of carbonyl (C=O) groups is 3. The fourth-order valence-corrected chi connectivity index (χ4v) is 6.85. The molecule has 0 radical (unpaired) electrons. The van der Waals surface area contributed by atoms with Gasteiger partial charge in [-0.1, -0.05) is 24.3 Å². The Morgan fingerprint density at radius 1 is 0.702 bits per heavy atom. The van der Waals surface area contributed by atoms with E-state index in [2.05, 4.69) is 10.2 Å². The Hall–Kier alpha value is -1.19. The molecule has 0 saturated carbocycles. The molecule has 22 nitrogen and oxygen atoms in total. The predicted molar refractivity (Wildman–Crippen MR) is 173 cm³/mol. The fraction of sp³-hybridized carbons (Fsp3) is 0.148. The zero-order chi connectivity index (χ0) is 39.8. The van der Waals surface area contributed by atoms with Crippen LogP contribution in [0, 0.1) is 5.92 Å². The zero-order valence-electron chi connectivity index (χ0n) is 30.5. The first-order valence-electron chi connectivity index (χ1n) is 14.0. The summed E-state index contributed by atoms with van der Waals surface area (Å²) < 4.78 is 139. The van der Waals surface area contributed by atoms with Crippen molar-refractivity contribution in [3.8, 4) is 0 Å². The summed E-state index contributed by atoms with van der Waals surface area (Å²) in [5, 5.41) is 23.8. The molecule has 57 heavy (non-hydrogen) atoms. The van der Waals surface area contributed by atoms with Gasteiger partial charge < -0.3 is 34.0 Å². The molecule has 2 atom stereocenters. The minimum atomic E-state index is -5.31. The largest absolute Gasteiger partial charge is 1.00 e. The first kappa shape index (κ1) is 55.8. The molecule has 0 spiro atoms. The number of hydrogen-bond donors (Lipinski definition) is 3. The maximum absolute atomic E-state index is 13.1. The summed E-state index contributed by atoms with van der Waals surface area (Å²) in [7, 11) is -18.5. The van der Waals surface area contributed by atoms with Crippen molar-refractivity contribution in [3.63, 3.8) is 0 Å². The molecule has 2 aromatic rings. The molecule has 0 saturated heterocycles. The Balaban J connectivity index is 0.00000784. The van der Waals surface area contributed by atoms with E-state index in [0.717, 1.165) is 18.1 Å². The van der Waals surface area contributed by atoms with Gasteiger partial charge in [0.2, 0.25) is 0 Å². The number of nitrogens with zero attached hydrogens (tertiary/aromatic N) is 4. The molecule has 0 bridgehead atoms. The van der Waals surface area contributed by atoms with Crippen LogP contribution in [0.2, 0.25) is 0 Å². The van der Waals surface area contributed by atoms with E-state index in [1.54, 1.807) is 0 Å². The SMILES string of the molecule is CN1N=C(C(=O)Nc2cc(S(=O)(=O)[O-])ccc2S(=O)(=O)[O-])/C(=C/C=C/C=C/C2C(C(=O)Nc3cc(S(=O)(=O)[O-])ccc3S(=O)(=O)[O-])=NN(C)C2O)C1=O.[Na+].[Na+].[Na+].[Na+]. The predicted octanol–water partition coefficient (Wildman–Crippen LogP) is -14.0. The number of hydrazone groups is 2. The van der Waals surface area contributed by atoms with Crippen LogP contribution in [-0.4, -0.2) is 116 Å². The Labute approximate surface area is 414 Å². The third kappa shape index (κ3) is 13.9. The summed E-state index contributed by atoms with van der Waals surface area (Å²) in [6.07, 6.45) is 4.39. The van der Waals surface area contributed by atoms with Crippen molar-refractivity contribution < 1.29 is 190 Å². The van der Waals surface area contributed by atoms with Crippen LogP contribution in [0.5, 0.6) is 0 Å². The number of hydrogen-bond acceptors (Lipinski definition) is 19. The molecular weight excluding hydrogens is 885 g/mol. The molecule has 30 heteroatoms. The minimum Gasteiger partial charge on any atom is -0.744 e. The second kappa shape index (κ2) is 21.6. The van der Waals surface area contributed by atoms with Crippen molar-refractivity contribution in [2.45, 2.75) is 25.8 Å². The molecule has 2 aliphatic heterocycles. The topological polar surface area (TPSA) is 356 Å². The standard InChI is InChI=1S/C27H26N6O16S4.4Na/c1-32-26(36)16(22(30-32)24(34)28-18-12-14(50(38,39)40)8-10-20(18)52(44,45)46)6-4-3-5-7-17-23(31-33(2)27(17)37)25(35)29-19-13-15(51(41,42)43)9-11-21(19)53(47,48)49;;;;/h3-13,16,26,36H,1-2H3,(H,28,34)(H,29,35)(H,38,39,40)(H,41,42,43)(H,44,45,46)(H,47,48,49);;;;/q;4*+1/p-4/b5-3+,6-4+,17-7-;;;;. The van der Waals surface area contributed by atoms with Crippen molar-refractivity contribution in [2.75, 3.05) is 24.7 Å². The van der Waals surface area contributed by atoms with Crippen LogP contribution >= 0.6 is 0 Å². The van der Waals surface area contributed by atoms with Gasteiger partial charge in [-0.25, -0.2) is 38.7 Å². The number of aliphatic hydroxyl groups excluding tert-OH is 1. The molecule has 0 aromatic heterocycles. The number of aliphatic hydroxyl groups is 1. The van der Waals surface area contributed by atoms with Crippen LogP contribution in [0.25, 0.3) is 0 Å². The average Bonchev–Trinajstić information content (AvgIpc) is 3.48. The van der Waals surface area contributed by atoms with Crippen LogP contribution in [0.4, 0.5) is 11.4 Å². The summed E-state index contributed by atoms with van der Waals surface area (Å²) in [5.41, 5.74) is -3.25. The molecule has 2 aliphatic rings. The molecule has 3 N–H and O–H groups in total. The number of amides is 3. The normalized spacial score (nSPS) is 17.9. The number of allylic oxidation sites excluding steroid dienone is 4. The van der Waals surface area contributed by atoms with E-state index in [1.165, 1.54) is 31.4 Å². The van der Waals surface area contributed by atoms with E-state index < -0.39 is 118 Å². The third-order valence-electron chi connectivity index (χ3n) is 7.08. The van der Waals surface area contributed by atoms with Gasteiger partial charge in [0.1, 0.15) is 46.2 Å². The van der Waals surface area contributed by atoms with E-state index in [0.29, 0.717) is 41.4 Å². The quantitative estimate of drug-likeness (QED) is 0.0816. The first-order valence-corrected chi connectivity index (χ1v) is 19.6. The summed E-state index contributed by atoms with van der Waals surface area (Å²) >= 11 is 0. The molecule has 2 aromatic carbocycles. The van der Waals surface area contributed by atoms with Gasteiger partial charge in [-0.15, -0.1) is 0 Å². The number of rotatable bonds is 11. The maximum Gasteiger partial charge on any atom is 1.00 e. The molecular formula is C27H22N6Na4O16S4. The van der Waals surface area contributed by atoms with Crippen molar-refractivity contribution >= 4 is 81.0 Å². The Bertz CT molecular complexity index is 2550. The summed E-state index contributed by atoms with van der Waals surface area (Å²) in [4.78, 5) is 34.7. The minimum absolute atomic E-state index is 0. The smallest absolute Gasteiger partial charge is 0.744 e. The van der Waals surface area contributed by atoms with Gasteiger partial charge in [0.25, 0.3) is 17.7 Å². The van der Waals surface area contributed by atoms with E-state index >= 15 is 0 Å². The van der Waals surface area contributed by atoms with Crippen LogP contribution in [0.3, 0.4) is 0 Å². The number of nitrogens with one attached hydrogen (secondary N) is 2. The first-order chi connectivity index (χ1) is 24.3. The van der Waals surface area contributed by atoms with E-state index in [9.17, 15) is 71.4 Å². The van der Waals surface area contributed by atoms with Gasteiger partial charge in [0.15, 0.2) is 11.9 Å². The van der Waals surface area contributed by atoms with E-state index in [-0.39, 0.29) is 118 Å². The Morgan fingerprint density at radius 2 is 1.16 bits per heavy atom. The van der Waals surface area contributed by atoms with Gasteiger partial charge in [-0.2, -0.15) is 10.2 Å². The molecule has 2 heterocycles. The monoisotopic (exact) mass is 906 g/mol. The maximum atomic E-state index is 13.1. The van der Waals surface area contributed by atoms with Gasteiger partial charge in [0.05, 0.1) is 42.4 Å². The van der Waals surface area contributed by atoms with Crippen LogP contribution in [0.15, 0.2) is 102 Å². The number of anilines is 2. The Kier molecular flexibility index (Phi) is 21.1. The number of benzene rings is 2. The van der Waals surface area contributed by atoms with Crippen molar-refractivity contribution in [2.24, 2.45) is 16.1 Å². The van der Waals surface area contributed by atoms with Crippen molar-refractivity contribution in [1.29, 1.82) is 0 Å². The van der Waals surface area contributed by atoms with Gasteiger partial charge in [-0.05, 0) is 42.5 Å². The zero-order valence-corrected chi connectivity index (χ0v) is 41.8. The molecule has 4 rings (SSSR count). The number of likely N-dealkylation sites (N-methyl/N-ethyl adjacent to an activating group) is 1. The Morgan fingerprint density at radius 3 is 1.60 bits per heavy atom. The third-order valence-corrected chi connectivity index (χ3v) is 10.5. The van der Waals surface area contributed by atoms with Crippen LogP contribution in [-0.2, 0) is 54.9 Å². The molecule has 0 aliphatic carbocycles. The fourth-order valence-electron chi connectivity index (χ4n) is 4.63. The van der Waals surface area contributed by atoms with Crippen LogP contribution < -0.4 is 129 Å². The summed E-state index contributed by atoms with van der Waals surface area (Å²) in [6.45, 7) is 0. The summed E-state index contributed by atoms with van der Waals surface area (Å²) in [6, 6.07) is 3.00. The van der Waals surface area contributed by atoms with Gasteiger partial charge in [0, 0.05) is 14.1 Å². The van der Waals surface area contributed by atoms with Crippen molar-refractivity contribution in [1.82, 2.24) is 10.0 Å². The summed E-state index contributed by atoms with van der Waals surface area (Å²) in [5.74, 6) is -4.63. The van der Waals surface area contributed by atoms with Gasteiger partial charge >= 0.3 is 118 Å². The van der Waals surface area contributed by atoms with Gasteiger partial charge in [-0.3, -0.25) is 19.4 Å². The van der Waals surface area contributed by atoms with Crippen LogP contribution in [0.1, 0.15) is 0 Å². The number of carbonyl (C=O) groups excluding carboxylic acids is 3. The second-order valence-corrected chi connectivity index (χ2v) is 16.1. The average molecular weight is 907 g/mol. The molecule has 3 amide bonds. The van der Waals surface area contributed by atoms with E-state index in [4.69, 9.17) is 0 Å². The molecule has 284 valence electrons. The second-order valence-electron chi connectivity index (χ2n) is 10.7. The van der Waals surface area contributed by atoms with Crippen molar-refractivity contribution in [3.05, 3.63) is 72.4 Å². The molecule has 0 fully saturated rings. The molecule has 2 unspecified atom stereocenters. The van der Waals surface area contributed by atoms with E-state index in [1.807, 2.05) is 10.6 Å².